The van der Waals surface area contributed by atoms with Crippen molar-refractivity contribution in [1.82, 2.24) is 5.32 Å². The van der Waals surface area contributed by atoms with Gasteiger partial charge < -0.3 is 4.74 Å². The Labute approximate surface area is 109 Å². The molecular formula is C14H25NO3. The molecule has 1 aliphatic heterocycles. The number of rotatable bonds is 5. The molecule has 18 heavy (non-hydrogen) atoms. The van der Waals surface area contributed by atoms with Crippen LogP contribution in [0.4, 0.5) is 0 Å². The van der Waals surface area contributed by atoms with Crippen LogP contribution in [-0.4, -0.2) is 25.5 Å². The summed E-state index contributed by atoms with van der Waals surface area (Å²) in [6.45, 7) is 8.79. The van der Waals surface area contributed by atoms with Gasteiger partial charge >= 0.3 is 0 Å². The molecule has 1 heterocycles. The van der Waals surface area contributed by atoms with Gasteiger partial charge in [-0.3, -0.25) is 14.9 Å². The highest BCUT2D eigenvalue weighted by Gasteiger charge is 2.50. The molecule has 0 aromatic rings. The van der Waals surface area contributed by atoms with E-state index in [1.54, 1.807) is 7.11 Å². The summed E-state index contributed by atoms with van der Waals surface area (Å²) in [5, 5.41) is 2.47. The third-order valence-electron chi connectivity index (χ3n) is 4.03. The van der Waals surface area contributed by atoms with E-state index in [-0.39, 0.29) is 29.1 Å². The van der Waals surface area contributed by atoms with Gasteiger partial charge in [0, 0.05) is 24.9 Å². The average Bonchev–Trinajstić information content (AvgIpc) is 2.22. The zero-order chi connectivity index (χ0) is 13.9. The van der Waals surface area contributed by atoms with Gasteiger partial charge in [-0.2, -0.15) is 0 Å². The highest BCUT2D eigenvalue weighted by molar-refractivity contribution is 5.99. The zero-order valence-corrected chi connectivity index (χ0v) is 12.1. The van der Waals surface area contributed by atoms with Crippen LogP contribution in [-0.2, 0) is 14.3 Å². The van der Waals surface area contributed by atoms with E-state index in [0.717, 1.165) is 6.42 Å². The van der Waals surface area contributed by atoms with E-state index in [1.165, 1.54) is 0 Å². The summed E-state index contributed by atoms with van der Waals surface area (Å²) in [4.78, 5) is 23.9. The molecule has 1 rings (SSSR count). The first kappa shape index (κ1) is 15.2. The Morgan fingerprint density at radius 1 is 1.33 bits per heavy atom. The van der Waals surface area contributed by atoms with Crippen molar-refractivity contribution in [2.24, 2.45) is 23.2 Å². The van der Waals surface area contributed by atoms with Crippen molar-refractivity contribution in [3.05, 3.63) is 0 Å². The van der Waals surface area contributed by atoms with Gasteiger partial charge in [0.05, 0.1) is 6.61 Å². The second-order valence-electron chi connectivity index (χ2n) is 6.09. The molecule has 0 aromatic heterocycles. The van der Waals surface area contributed by atoms with E-state index in [2.05, 4.69) is 33.0 Å². The Morgan fingerprint density at radius 2 is 1.94 bits per heavy atom. The summed E-state index contributed by atoms with van der Waals surface area (Å²) in [5.41, 5.74) is -0.363. The predicted molar refractivity (Wildman–Crippen MR) is 69.9 cm³/mol. The zero-order valence-electron chi connectivity index (χ0n) is 12.1. The number of hydrogen-bond acceptors (Lipinski definition) is 3. The molecule has 4 heteroatoms. The quantitative estimate of drug-likeness (QED) is 0.764. The molecule has 1 fully saturated rings. The van der Waals surface area contributed by atoms with Crippen LogP contribution in [0.3, 0.4) is 0 Å². The van der Waals surface area contributed by atoms with Crippen LogP contribution < -0.4 is 5.32 Å². The van der Waals surface area contributed by atoms with Gasteiger partial charge in [0.25, 0.3) is 0 Å². The van der Waals surface area contributed by atoms with E-state index in [4.69, 9.17) is 4.74 Å². The van der Waals surface area contributed by atoms with Gasteiger partial charge in [-0.15, -0.1) is 0 Å². The SMILES string of the molecule is COCC1(C(C)C)CC(=O)NC(=O)C1CC(C)C. The van der Waals surface area contributed by atoms with Gasteiger partial charge in [0.15, 0.2) is 0 Å². The van der Waals surface area contributed by atoms with Crippen LogP contribution in [0, 0.1) is 23.2 Å². The van der Waals surface area contributed by atoms with Gasteiger partial charge in [0.2, 0.25) is 11.8 Å². The highest BCUT2D eigenvalue weighted by atomic mass is 16.5. The predicted octanol–water partition coefficient (Wildman–Crippen LogP) is 1.98. The number of nitrogens with one attached hydrogen (secondary N) is 1. The third kappa shape index (κ3) is 2.91. The monoisotopic (exact) mass is 255 g/mol. The number of ether oxygens (including phenoxy) is 1. The fraction of sp³-hybridized carbons (Fsp3) is 0.857. The number of methoxy groups -OCH3 is 1. The van der Waals surface area contributed by atoms with Gasteiger partial charge in [-0.25, -0.2) is 0 Å². The fourth-order valence-electron chi connectivity index (χ4n) is 2.96. The maximum absolute atomic E-state index is 12.1. The van der Waals surface area contributed by atoms with Crippen LogP contribution in [0.1, 0.15) is 40.5 Å². The van der Waals surface area contributed by atoms with E-state index >= 15 is 0 Å². The molecule has 104 valence electrons. The van der Waals surface area contributed by atoms with Crippen molar-refractivity contribution in [2.45, 2.75) is 40.5 Å². The molecule has 0 saturated carbocycles. The standard InChI is InChI=1S/C14H25NO3/c1-9(2)6-11-13(17)15-12(16)7-14(11,8-18-5)10(3)4/h9-11H,6-8H2,1-5H3,(H,15,16,17). The van der Waals surface area contributed by atoms with Gasteiger partial charge in [-0.05, 0) is 18.3 Å². The van der Waals surface area contributed by atoms with Crippen molar-refractivity contribution in [2.75, 3.05) is 13.7 Å². The first-order valence-corrected chi connectivity index (χ1v) is 6.66. The number of carbonyl (C=O) groups is 2. The molecule has 1 aliphatic rings. The summed E-state index contributed by atoms with van der Waals surface area (Å²) >= 11 is 0. The minimum absolute atomic E-state index is 0.134. The van der Waals surface area contributed by atoms with Crippen LogP contribution in [0.5, 0.6) is 0 Å². The number of amides is 2. The van der Waals surface area contributed by atoms with Crippen molar-refractivity contribution in [3.8, 4) is 0 Å². The van der Waals surface area contributed by atoms with E-state index < -0.39 is 0 Å². The molecule has 0 bridgehead atoms. The fourth-order valence-corrected chi connectivity index (χ4v) is 2.96. The van der Waals surface area contributed by atoms with E-state index in [1.807, 2.05) is 0 Å². The number of hydrogen-bond donors (Lipinski definition) is 1. The van der Waals surface area contributed by atoms with Crippen LogP contribution in [0.2, 0.25) is 0 Å². The minimum atomic E-state index is -0.363. The largest absolute Gasteiger partial charge is 0.384 e. The first-order valence-electron chi connectivity index (χ1n) is 6.66. The molecule has 4 nitrogen and oxygen atoms in total. The molecule has 0 aliphatic carbocycles. The average molecular weight is 255 g/mol. The van der Waals surface area contributed by atoms with Crippen LogP contribution >= 0.6 is 0 Å². The molecule has 1 saturated heterocycles. The Kier molecular flexibility index (Phi) is 4.91. The number of piperidine rings is 1. The van der Waals surface area contributed by atoms with Crippen LogP contribution in [0.15, 0.2) is 0 Å². The third-order valence-corrected chi connectivity index (χ3v) is 4.03. The Bertz CT molecular complexity index is 325. The summed E-state index contributed by atoms with van der Waals surface area (Å²) in [5.74, 6) is 0.201. The lowest BCUT2D eigenvalue weighted by atomic mass is 9.62. The second-order valence-corrected chi connectivity index (χ2v) is 6.09. The van der Waals surface area contributed by atoms with E-state index in [0.29, 0.717) is 18.9 Å². The lowest BCUT2D eigenvalue weighted by Gasteiger charge is -2.45. The summed E-state index contributed by atoms with van der Waals surface area (Å²) in [6, 6.07) is 0. The van der Waals surface area contributed by atoms with Crippen molar-refractivity contribution in [1.29, 1.82) is 0 Å². The van der Waals surface area contributed by atoms with Gasteiger partial charge in [0.1, 0.15) is 0 Å². The molecule has 2 amide bonds. The second kappa shape index (κ2) is 5.83. The molecule has 0 spiro atoms. The Morgan fingerprint density at radius 3 is 2.39 bits per heavy atom. The maximum Gasteiger partial charge on any atom is 0.230 e. The maximum atomic E-state index is 12.1. The van der Waals surface area contributed by atoms with Crippen molar-refractivity contribution >= 4 is 11.8 Å². The molecular weight excluding hydrogens is 230 g/mol. The normalized spacial score (nSPS) is 28.9. The number of carbonyl (C=O) groups excluding carboxylic acids is 2. The highest BCUT2D eigenvalue weighted by Crippen LogP contribution is 2.44. The molecule has 2 unspecified atom stereocenters. The lowest BCUT2D eigenvalue weighted by molar-refractivity contribution is -0.151. The molecule has 1 N–H and O–H groups in total. The smallest absolute Gasteiger partial charge is 0.230 e. The molecule has 0 aromatic carbocycles. The van der Waals surface area contributed by atoms with Gasteiger partial charge in [-0.1, -0.05) is 27.7 Å². The Hall–Kier alpha value is -0.900. The molecule has 0 radical (unpaired) electrons. The number of imide groups is 1. The summed E-state index contributed by atoms with van der Waals surface area (Å²) < 4.78 is 5.32. The summed E-state index contributed by atoms with van der Waals surface area (Å²) in [6.07, 6.45) is 1.17. The lowest BCUT2D eigenvalue weighted by Crippen LogP contribution is -2.56. The topological polar surface area (TPSA) is 55.4 Å². The van der Waals surface area contributed by atoms with Crippen molar-refractivity contribution < 1.29 is 14.3 Å². The van der Waals surface area contributed by atoms with Crippen molar-refractivity contribution in [3.63, 3.8) is 0 Å². The minimum Gasteiger partial charge on any atom is -0.384 e. The Balaban J connectivity index is 3.11. The van der Waals surface area contributed by atoms with Crippen LogP contribution in [0.25, 0.3) is 0 Å². The molecule has 2 atom stereocenters. The van der Waals surface area contributed by atoms with E-state index in [9.17, 15) is 9.59 Å². The summed E-state index contributed by atoms with van der Waals surface area (Å²) in [7, 11) is 1.63. The first-order chi connectivity index (χ1) is 8.33.